The molecule has 0 fully saturated rings. The summed E-state index contributed by atoms with van der Waals surface area (Å²) < 4.78 is 9.38. The molecule has 1 heterocycles. The molecule has 0 saturated carbocycles. The molecule has 19 heavy (non-hydrogen) atoms. The van der Waals surface area contributed by atoms with Crippen molar-refractivity contribution < 1.29 is 19.1 Å². The Kier molecular flexibility index (Phi) is 5.72. The van der Waals surface area contributed by atoms with Gasteiger partial charge in [0.15, 0.2) is 0 Å². The van der Waals surface area contributed by atoms with Gasteiger partial charge in [-0.2, -0.15) is 0 Å². The molecule has 0 aliphatic rings. The number of anilines is 1. The zero-order valence-electron chi connectivity index (χ0n) is 11.3. The molecule has 7 heteroatoms. The largest absolute Gasteiger partial charge is 0.466 e. The summed E-state index contributed by atoms with van der Waals surface area (Å²) in [6.45, 7) is 2.56. The fourth-order valence-corrected chi connectivity index (χ4v) is 1.36. The highest BCUT2D eigenvalue weighted by atomic mass is 16.5. The van der Waals surface area contributed by atoms with Crippen molar-refractivity contribution in [3.05, 3.63) is 18.1 Å². The van der Waals surface area contributed by atoms with Crippen molar-refractivity contribution in [2.45, 2.75) is 13.3 Å². The normalized spacial score (nSPS) is 9.84. The summed E-state index contributed by atoms with van der Waals surface area (Å²) in [7, 11) is 3.03. The van der Waals surface area contributed by atoms with Crippen molar-refractivity contribution in [3.63, 3.8) is 0 Å². The molecule has 1 rings (SSSR count). The lowest BCUT2D eigenvalue weighted by Crippen LogP contribution is -2.24. The van der Waals surface area contributed by atoms with Gasteiger partial charge < -0.3 is 14.4 Å². The summed E-state index contributed by atoms with van der Waals surface area (Å²) >= 11 is 0. The van der Waals surface area contributed by atoms with Crippen LogP contribution in [0.15, 0.2) is 12.3 Å². The van der Waals surface area contributed by atoms with Crippen LogP contribution in [0.5, 0.6) is 0 Å². The highest BCUT2D eigenvalue weighted by molar-refractivity contribution is 5.85. The molecular formula is C12H17N3O4. The van der Waals surface area contributed by atoms with Gasteiger partial charge in [0.05, 0.1) is 20.1 Å². The highest BCUT2D eigenvalue weighted by Crippen LogP contribution is 2.09. The van der Waals surface area contributed by atoms with Crippen LogP contribution in [0, 0.1) is 0 Å². The van der Waals surface area contributed by atoms with Crippen molar-refractivity contribution in [2.75, 3.05) is 32.2 Å². The number of ether oxygens (including phenoxy) is 2. The first-order valence-electron chi connectivity index (χ1n) is 5.86. The average molecular weight is 267 g/mol. The van der Waals surface area contributed by atoms with Gasteiger partial charge in [0, 0.05) is 19.8 Å². The minimum atomic E-state index is -0.597. The first-order chi connectivity index (χ1) is 9.08. The number of esters is 2. The number of aromatic nitrogens is 2. The maximum absolute atomic E-state index is 11.3. The maximum Gasteiger partial charge on any atom is 0.376 e. The molecule has 1 aromatic rings. The van der Waals surface area contributed by atoms with Crippen LogP contribution in [0.1, 0.15) is 24.0 Å². The Balaban J connectivity index is 2.64. The number of hydrogen-bond acceptors (Lipinski definition) is 7. The zero-order chi connectivity index (χ0) is 14.3. The summed E-state index contributed by atoms with van der Waals surface area (Å²) in [5.74, 6) is -0.333. The monoisotopic (exact) mass is 267 g/mol. The minimum absolute atomic E-state index is 0.0111. The van der Waals surface area contributed by atoms with Gasteiger partial charge >= 0.3 is 11.9 Å². The summed E-state index contributed by atoms with van der Waals surface area (Å²) in [4.78, 5) is 32.2. The van der Waals surface area contributed by atoms with E-state index in [1.165, 1.54) is 13.3 Å². The first kappa shape index (κ1) is 14.9. The van der Waals surface area contributed by atoms with Crippen LogP contribution in [0.3, 0.4) is 0 Å². The molecule has 104 valence electrons. The number of carbonyl (C=O) groups is 2. The Bertz CT molecular complexity index is 450. The van der Waals surface area contributed by atoms with Gasteiger partial charge in [-0.1, -0.05) is 0 Å². The molecule has 0 radical (unpaired) electrons. The van der Waals surface area contributed by atoms with Gasteiger partial charge in [-0.25, -0.2) is 14.8 Å². The number of rotatable bonds is 6. The van der Waals surface area contributed by atoms with E-state index in [4.69, 9.17) is 4.74 Å². The van der Waals surface area contributed by atoms with Crippen molar-refractivity contribution in [3.8, 4) is 0 Å². The quantitative estimate of drug-likeness (QED) is 0.700. The molecule has 0 spiro atoms. The number of hydrogen-bond donors (Lipinski definition) is 0. The fraction of sp³-hybridized carbons (Fsp3) is 0.500. The fourth-order valence-electron chi connectivity index (χ4n) is 1.36. The molecule has 0 saturated heterocycles. The maximum atomic E-state index is 11.3. The summed E-state index contributed by atoms with van der Waals surface area (Å²) in [6.07, 6.45) is 1.72. The van der Waals surface area contributed by atoms with Crippen LogP contribution in [-0.4, -0.2) is 49.2 Å². The number of methoxy groups -OCH3 is 1. The van der Waals surface area contributed by atoms with Gasteiger partial charge in [0.25, 0.3) is 0 Å². The molecule has 0 amide bonds. The molecule has 7 nitrogen and oxygen atoms in total. The van der Waals surface area contributed by atoms with Gasteiger partial charge in [-0.15, -0.1) is 0 Å². The van der Waals surface area contributed by atoms with Crippen LogP contribution in [0.25, 0.3) is 0 Å². The minimum Gasteiger partial charge on any atom is -0.466 e. The standard InChI is InChI=1S/C12H17N3O4/c1-4-19-10(16)6-8-15(2)9-5-7-13-11(14-9)12(17)18-3/h5,7H,4,6,8H2,1-3H3. The molecule has 0 atom stereocenters. The second-order valence-corrected chi connectivity index (χ2v) is 3.71. The van der Waals surface area contributed by atoms with Gasteiger partial charge in [-0.05, 0) is 13.0 Å². The third-order valence-corrected chi connectivity index (χ3v) is 2.36. The third-order valence-electron chi connectivity index (χ3n) is 2.36. The molecule has 0 aromatic carbocycles. The van der Waals surface area contributed by atoms with Gasteiger partial charge in [-0.3, -0.25) is 4.79 Å². The Morgan fingerprint density at radius 3 is 2.79 bits per heavy atom. The van der Waals surface area contributed by atoms with E-state index in [0.29, 0.717) is 19.0 Å². The van der Waals surface area contributed by atoms with Crippen LogP contribution < -0.4 is 4.90 Å². The molecular weight excluding hydrogens is 250 g/mol. The summed E-state index contributed by atoms with van der Waals surface area (Å²) in [6, 6.07) is 1.65. The molecule has 0 unspecified atom stereocenters. The third kappa shape index (κ3) is 4.53. The Hall–Kier alpha value is -2.18. The SMILES string of the molecule is CCOC(=O)CCN(C)c1ccnc(C(=O)OC)n1. The molecule has 1 aromatic heterocycles. The number of carbonyl (C=O) groups excluding carboxylic acids is 2. The van der Waals surface area contributed by atoms with E-state index >= 15 is 0 Å². The average Bonchev–Trinajstić information content (AvgIpc) is 2.44. The lowest BCUT2D eigenvalue weighted by atomic mass is 10.4. The van der Waals surface area contributed by atoms with Crippen molar-refractivity contribution in [2.24, 2.45) is 0 Å². The number of nitrogens with zero attached hydrogens (tertiary/aromatic N) is 3. The van der Waals surface area contributed by atoms with E-state index < -0.39 is 5.97 Å². The lowest BCUT2D eigenvalue weighted by molar-refractivity contribution is -0.142. The molecule has 0 aliphatic carbocycles. The second kappa shape index (κ2) is 7.30. The van der Waals surface area contributed by atoms with Crippen molar-refractivity contribution in [1.29, 1.82) is 0 Å². The molecule has 0 N–H and O–H groups in total. The molecule has 0 aliphatic heterocycles. The predicted molar refractivity (Wildman–Crippen MR) is 67.9 cm³/mol. The van der Waals surface area contributed by atoms with Gasteiger partial charge in [0.2, 0.25) is 5.82 Å². The topological polar surface area (TPSA) is 81.6 Å². The van der Waals surface area contributed by atoms with Crippen LogP contribution in [0.4, 0.5) is 5.82 Å². The Morgan fingerprint density at radius 2 is 2.16 bits per heavy atom. The summed E-state index contributed by atoms with van der Waals surface area (Å²) in [5.41, 5.74) is 0. The van der Waals surface area contributed by atoms with Crippen molar-refractivity contribution >= 4 is 17.8 Å². The smallest absolute Gasteiger partial charge is 0.376 e. The Labute approximate surface area is 111 Å². The summed E-state index contributed by atoms with van der Waals surface area (Å²) in [5, 5.41) is 0. The Morgan fingerprint density at radius 1 is 1.42 bits per heavy atom. The predicted octanol–water partition coefficient (Wildman–Crippen LogP) is 0.653. The van der Waals surface area contributed by atoms with E-state index in [1.54, 1.807) is 24.9 Å². The first-order valence-corrected chi connectivity index (χ1v) is 5.86. The van der Waals surface area contributed by atoms with E-state index in [-0.39, 0.29) is 18.2 Å². The van der Waals surface area contributed by atoms with E-state index in [9.17, 15) is 9.59 Å². The van der Waals surface area contributed by atoms with Crippen LogP contribution in [0.2, 0.25) is 0 Å². The van der Waals surface area contributed by atoms with E-state index in [2.05, 4.69) is 14.7 Å². The zero-order valence-corrected chi connectivity index (χ0v) is 11.3. The lowest BCUT2D eigenvalue weighted by Gasteiger charge is -2.17. The van der Waals surface area contributed by atoms with E-state index in [0.717, 1.165) is 0 Å². The van der Waals surface area contributed by atoms with E-state index in [1.807, 2.05) is 0 Å². The van der Waals surface area contributed by atoms with Gasteiger partial charge in [0.1, 0.15) is 5.82 Å². The van der Waals surface area contributed by atoms with Crippen LogP contribution >= 0.6 is 0 Å². The van der Waals surface area contributed by atoms with Crippen molar-refractivity contribution in [1.82, 2.24) is 9.97 Å². The second-order valence-electron chi connectivity index (χ2n) is 3.71. The molecule has 0 bridgehead atoms. The van der Waals surface area contributed by atoms with Crippen LogP contribution in [-0.2, 0) is 14.3 Å². The highest BCUT2D eigenvalue weighted by Gasteiger charge is 2.12.